The van der Waals surface area contributed by atoms with E-state index in [1.54, 1.807) is 6.07 Å². The Balaban J connectivity index is 2.11. The maximum absolute atomic E-state index is 13.4. The summed E-state index contributed by atoms with van der Waals surface area (Å²) in [7, 11) is 0. The van der Waals surface area contributed by atoms with Crippen LogP contribution in [0.3, 0.4) is 0 Å². The average Bonchev–Trinajstić information content (AvgIpc) is 2.52. The van der Waals surface area contributed by atoms with Crippen LogP contribution in [0.5, 0.6) is 11.5 Å². The van der Waals surface area contributed by atoms with Crippen LogP contribution in [0.25, 0.3) is 10.8 Å². The minimum Gasteiger partial charge on any atom is -0.457 e. The fourth-order valence-corrected chi connectivity index (χ4v) is 2.58. The van der Waals surface area contributed by atoms with Crippen LogP contribution in [0, 0.1) is 15.9 Å². The number of nitro groups is 1. The molecule has 0 N–H and O–H groups in total. The van der Waals surface area contributed by atoms with Crippen molar-refractivity contribution in [2.75, 3.05) is 0 Å². The van der Waals surface area contributed by atoms with Crippen LogP contribution in [-0.4, -0.2) is 9.91 Å². The largest absolute Gasteiger partial charge is 0.457 e. The van der Waals surface area contributed by atoms with Crippen molar-refractivity contribution in [3.8, 4) is 11.5 Å². The van der Waals surface area contributed by atoms with Crippen LogP contribution in [0.4, 0.5) is 10.1 Å². The first-order chi connectivity index (χ1) is 11.0. The van der Waals surface area contributed by atoms with E-state index in [1.165, 1.54) is 36.7 Å². The van der Waals surface area contributed by atoms with Crippen LogP contribution in [-0.2, 0) is 0 Å². The highest BCUT2D eigenvalue weighted by molar-refractivity contribution is 6.35. The molecule has 0 spiro atoms. The molecular formula is C15H7Cl2FN2O3. The molecule has 0 atom stereocenters. The molecule has 23 heavy (non-hydrogen) atoms. The van der Waals surface area contributed by atoms with Gasteiger partial charge in [-0.05, 0) is 12.1 Å². The quantitative estimate of drug-likeness (QED) is 0.360. The first-order valence-corrected chi connectivity index (χ1v) is 7.06. The van der Waals surface area contributed by atoms with E-state index in [0.29, 0.717) is 16.5 Å². The molecule has 0 saturated carbocycles. The summed E-state index contributed by atoms with van der Waals surface area (Å²) in [5.74, 6) is -0.182. The van der Waals surface area contributed by atoms with Gasteiger partial charge in [0.15, 0.2) is 5.82 Å². The molecule has 5 nitrogen and oxygen atoms in total. The Bertz CT molecular complexity index is 911. The number of nitrogens with zero attached hydrogens (tertiary/aromatic N) is 2. The van der Waals surface area contributed by atoms with Crippen molar-refractivity contribution in [2.45, 2.75) is 0 Å². The smallest absolute Gasteiger partial charge is 0.279 e. The van der Waals surface area contributed by atoms with E-state index in [9.17, 15) is 14.5 Å². The molecule has 0 aliphatic carbocycles. The molecule has 0 aliphatic rings. The van der Waals surface area contributed by atoms with Gasteiger partial charge in [0.05, 0.1) is 20.4 Å². The zero-order valence-electron chi connectivity index (χ0n) is 11.3. The summed E-state index contributed by atoms with van der Waals surface area (Å²) in [5, 5.41) is 11.5. The third-order valence-corrected chi connectivity index (χ3v) is 3.69. The molecule has 0 saturated heterocycles. The van der Waals surface area contributed by atoms with Crippen molar-refractivity contribution >= 4 is 39.7 Å². The lowest BCUT2D eigenvalue weighted by atomic mass is 10.1. The fraction of sp³-hybridized carbons (Fsp3) is 0. The van der Waals surface area contributed by atoms with E-state index in [-0.39, 0.29) is 21.5 Å². The summed E-state index contributed by atoms with van der Waals surface area (Å²) < 4.78 is 19.1. The number of halogens is 3. The van der Waals surface area contributed by atoms with Gasteiger partial charge >= 0.3 is 0 Å². The van der Waals surface area contributed by atoms with E-state index >= 15 is 0 Å². The lowest BCUT2D eigenvalue weighted by Crippen LogP contribution is -1.93. The summed E-state index contributed by atoms with van der Waals surface area (Å²) in [4.78, 5) is 14.5. The first kappa shape index (κ1) is 15.5. The van der Waals surface area contributed by atoms with Crippen LogP contribution in [0.1, 0.15) is 0 Å². The van der Waals surface area contributed by atoms with Gasteiger partial charge in [-0.3, -0.25) is 15.1 Å². The second kappa shape index (κ2) is 5.98. The highest BCUT2D eigenvalue weighted by atomic mass is 35.5. The van der Waals surface area contributed by atoms with Crippen LogP contribution < -0.4 is 4.74 Å². The molecule has 0 fully saturated rings. The number of ether oxygens (including phenoxy) is 1. The molecule has 0 bridgehead atoms. The predicted molar refractivity (Wildman–Crippen MR) is 84.9 cm³/mol. The van der Waals surface area contributed by atoms with E-state index < -0.39 is 10.7 Å². The van der Waals surface area contributed by atoms with Crippen molar-refractivity contribution in [3.05, 3.63) is 68.7 Å². The zero-order valence-corrected chi connectivity index (χ0v) is 12.8. The minimum atomic E-state index is -0.738. The normalized spacial score (nSPS) is 10.7. The maximum Gasteiger partial charge on any atom is 0.279 e. The van der Waals surface area contributed by atoms with Crippen molar-refractivity contribution in [1.29, 1.82) is 0 Å². The molecule has 3 aromatic rings. The topological polar surface area (TPSA) is 65.3 Å². The molecule has 0 aliphatic heterocycles. The van der Waals surface area contributed by atoms with Crippen molar-refractivity contribution < 1.29 is 14.1 Å². The Kier molecular flexibility index (Phi) is 4.02. The highest BCUT2D eigenvalue weighted by Gasteiger charge is 2.16. The number of nitro benzene ring substituents is 1. The Labute approximate surface area is 139 Å². The molecule has 2 aromatic carbocycles. The molecule has 0 unspecified atom stereocenters. The number of aromatic nitrogens is 1. The lowest BCUT2D eigenvalue weighted by Gasteiger charge is -2.10. The molecule has 1 heterocycles. The van der Waals surface area contributed by atoms with E-state index in [1.807, 2.05) is 0 Å². The van der Waals surface area contributed by atoms with E-state index in [4.69, 9.17) is 27.9 Å². The summed E-state index contributed by atoms with van der Waals surface area (Å²) in [6, 6.07) is 6.90. The fourth-order valence-electron chi connectivity index (χ4n) is 2.11. The SMILES string of the molecule is O=[N+]([O-])c1ccc(Oc2cc(Cl)c(F)c(Cl)c2)c2ccncc12. The van der Waals surface area contributed by atoms with E-state index in [2.05, 4.69) is 4.98 Å². The monoisotopic (exact) mass is 352 g/mol. The Morgan fingerprint density at radius 2 is 1.83 bits per heavy atom. The molecule has 0 radical (unpaired) electrons. The molecule has 116 valence electrons. The Morgan fingerprint density at radius 3 is 2.48 bits per heavy atom. The highest BCUT2D eigenvalue weighted by Crippen LogP contribution is 2.37. The Morgan fingerprint density at radius 1 is 1.13 bits per heavy atom. The average molecular weight is 353 g/mol. The maximum atomic E-state index is 13.4. The minimum absolute atomic E-state index is 0.0874. The van der Waals surface area contributed by atoms with Crippen molar-refractivity contribution in [1.82, 2.24) is 4.98 Å². The van der Waals surface area contributed by atoms with Gasteiger partial charge in [0.1, 0.15) is 11.5 Å². The summed E-state index contributed by atoms with van der Waals surface area (Å²) in [5.41, 5.74) is -0.0874. The first-order valence-electron chi connectivity index (χ1n) is 6.31. The standard InChI is InChI=1S/C15H7Cl2FN2O3/c16-11-5-8(6-12(17)15(11)18)23-14-2-1-13(20(21)22)10-7-19-4-3-9(10)14/h1-7H. The molecule has 8 heteroatoms. The van der Waals surface area contributed by atoms with Gasteiger partial charge in [-0.25, -0.2) is 4.39 Å². The number of hydrogen-bond donors (Lipinski definition) is 0. The zero-order chi connectivity index (χ0) is 16.6. The van der Waals surface area contributed by atoms with E-state index in [0.717, 1.165) is 0 Å². The van der Waals surface area contributed by atoms with Gasteiger partial charge in [-0.1, -0.05) is 23.2 Å². The van der Waals surface area contributed by atoms with Gasteiger partial charge in [0.2, 0.25) is 0 Å². The van der Waals surface area contributed by atoms with Gasteiger partial charge in [0.25, 0.3) is 5.69 Å². The lowest BCUT2D eigenvalue weighted by molar-refractivity contribution is -0.383. The Hall–Kier alpha value is -2.44. The van der Waals surface area contributed by atoms with Crippen molar-refractivity contribution in [2.24, 2.45) is 0 Å². The molecular weight excluding hydrogens is 346 g/mol. The second-order valence-corrected chi connectivity index (χ2v) is 5.38. The summed E-state index contributed by atoms with van der Waals surface area (Å²) in [6.45, 7) is 0. The van der Waals surface area contributed by atoms with Gasteiger partial charge in [-0.2, -0.15) is 0 Å². The number of non-ortho nitro benzene ring substituents is 1. The summed E-state index contributed by atoms with van der Waals surface area (Å²) >= 11 is 11.5. The summed E-state index contributed by atoms with van der Waals surface area (Å²) in [6.07, 6.45) is 2.87. The number of fused-ring (bicyclic) bond motifs is 1. The molecule has 0 amide bonds. The van der Waals surface area contributed by atoms with Crippen LogP contribution in [0.15, 0.2) is 42.7 Å². The third-order valence-electron chi connectivity index (χ3n) is 3.14. The second-order valence-electron chi connectivity index (χ2n) is 4.56. The van der Waals surface area contributed by atoms with Crippen LogP contribution in [0.2, 0.25) is 10.0 Å². The number of benzene rings is 2. The van der Waals surface area contributed by atoms with Gasteiger partial charge in [-0.15, -0.1) is 0 Å². The van der Waals surface area contributed by atoms with Crippen LogP contribution >= 0.6 is 23.2 Å². The number of rotatable bonds is 3. The van der Waals surface area contributed by atoms with Crippen molar-refractivity contribution in [3.63, 3.8) is 0 Å². The number of pyridine rings is 1. The predicted octanol–water partition coefficient (Wildman–Crippen LogP) is 5.38. The van der Waals surface area contributed by atoms with Gasteiger partial charge in [0, 0.05) is 36.0 Å². The third kappa shape index (κ3) is 2.91. The molecule has 1 aromatic heterocycles. The number of hydrogen-bond acceptors (Lipinski definition) is 4. The van der Waals surface area contributed by atoms with Gasteiger partial charge < -0.3 is 4.74 Å². The molecule has 3 rings (SSSR count).